The van der Waals surface area contributed by atoms with Gasteiger partial charge in [-0.1, -0.05) is 36.8 Å². The fourth-order valence-corrected chi connectivity index (χ4v) is 4.59. The normalized spacial score (nSPS) is 19.1. The largest absolute Gasteiger partial charge is 0.355 e. The van der Waals surface area contributed by atoms with Crippen molar-refractivity contribution >= 4 is 40.0 Å². The van der Waals surface area contributed by atoms with Crippen LogP contribution < -0.4 is 10.0 Å². The number of nitrogens with zero attached hydrogens (tertiary/aromatic N) is 2. The SMILES string of the molecule is CN=C(NCCS(=O)(=O)NCc1ccccc1)N1CCC2(CCC2)C1.I. The highest BCUT2D eigenvalue weighted by Crippen LogP contribution is 2.47. The Morgan fingerprint density at radius 3 is 2.54 bits per heavy atom. The Hall–Kier alpha value is -0.870. The molecule has 1 aliphatic heterocycles. The van der Waals surface area contributed by atoms with Crippen molar-refractivity contribution < 1.29 is 8.42 Å². The third kappa shape index (κ3) is 5.56. The van der Waals surface area contributed by atoms with E-state index in [2.05, 4.69) is 19.9 Å². The van der Waals surface area contributed by atoms with Gasteiger partial charge in [0.2, 0.25) is 10.0 Å². The van der Waals surface area contributed by atoms with Crippen molar-refractivity contribution in [3.05, 3.63) is 35.9 Å². The number of hydrogen-bond donors (Lipinski definition) is 2. The fourth-order valence-electron chi connectivity index (χ4n) is 3.69. The van der Waals surface area contributed by atoms with Crippen molar-refractivity contribution in [1.82, 2.24) is 14.9 Å². The van der Waals surface area contributed by atoms with E-state index in [-0.39, 0.29) is 29.7 Å². The third-order valence-corrected chi connectivity index (χ3v) is 6.68. The molecule has 0 unspecified atom stereocenters. The predicted octanol–water partition coefficient (Wildman–Crippen LogP) is 2.18. The van der Waals surface area contributed by atoms with Gasteiger partial charge in [-0.05, 0) is 30.2 Å². The van der Waals surface area contributed by atoms with Crippen LogP contribution in [0.5, 0.6) is 0 Å². The third-order valence-electron chi connectivity index (χ3n) is 5.36. The second-order valence-electron chi connectivity index (χ2n) is 7.12. The number of halogens is 1. The van der Waals surface area contributed by atoms with Gasteiger partial charge in [-0.25, -0.2) is 13.1 Å². The first-order valence-corrected chi connectivity index (χ1v) is 10.6. The Labute approximate surface area is 173 Å². The zero-order chi connectivity index (χ0) is 17.8. The van der Waals surface area contributed by atoms with E-state index in [1.54, 1.807) is 7.05 Å². The van der Waals surface area contributed by atoms with Crippen LogP contribution in [-0.4, -0.2) is 51.7 Å². The van der Waals surface area contributed by atoms with Gasteiger partial charge >= 0.3 is 0 Å². The van der Waals surface area contributed by atoms with Gasteiger partial charge in [-0.3, -0.25) is 4.99 Å². The van der Waals surface area contributed by atoms with Crippen LogP contribution in [0.1, 0.15) is 31.2 Å². The second-order valence-corrected chi connectivity index (χ2v) is 9.05. The van der Waals surface area contributed by atoms with E-state index in [0.29, 0.717) is 18.5 Å². The number of benzene rings is 1. The van der Waals surface area contributed by atoms with Gasteiger partial charge in [0.05, 0.1) is 5.75 Å². The summed E-state index contributed by atoms with van der Waals surface area (Å²) in [6, 6.07) is 9.54. The maximum Gasteiger partial charge on any atom is 0.213 e. The highest BCUT2D eigenvalue weighted by atomic mass is 127. The quantitative estimate of drug-likeness (QED) is 0.363. The predicted molar refractivity (Wildman–Crippen MR) is 116 cm³/mol. The Balaban J connectivity index is 0.00000243. The molecule has 0 aromatic heterocycles. The number of sulfonamides is 1. The van der Waals surface area contributed by atoms with Gasteiger partial charge in [0.15, 0.2) is 5.96 Å². The molecule has 1 aromatic carbocycles. The highest BCUT2D eigenvalue weighted by molar-refractivity contribution is 14.0. The van der Waals surface area contributed by atoms with E-state index in [4.69, 9.17) is 0 Å². The molecule has 0 bridgehead atoms. The summed E-state index contributed by atoms with van der Waals surface area (Å²) < 4.78 is 26.9. The van der Waals surface area contributed by atoms with Gasteiger partial charge in [0, 0.05) is 33.2 Å². The van der Waals surface area contributed by atoms with Crippen LogP contribution in [0.25, 0.3) is 0 Å². The topological polar surface area (TPSA) is 73.8 Å². The molecule has 146 valence electrons. The van der Waals surface area contributed by atoms with Crippen LogP contribution in [0.3, 0.4) is 0 Å². The van der Waals surface area contributed by atoms with E-state index >= 15 is 0 Å². The van der Waals surface area contributed by atoms with E-state index in [0.717, 1.165) is 24.6 Å². The van der Waals surface area contributed by atoms with E-state index in [1.165, 1.54) is 25.7 Å². The molecule has 0 atom stereocenters. The number of likely N-dealkylation sites (tertiary alicyclic amines) is 1. The zero-order valence-corrected chi connectivity index (χ0v) is 18.4. The van der Waals surface area contributed by atoms with Crippen molar-refractivity contribution in [2.45, 2.75) is 32.2 Å². The molecule has 3 rings (SSSR count). The van der Waals surface area contributed by atoms with Crippen molar-refractivity contribution in [3.8, 4) is 0 Å². The van der Waals surface area contributed by atoms with Crippen LogP contribution >= 0.6 is 24.0 Å². The lowest BCUT2D eigenvalue weighted by molar-refractivity contribution is 0.151. The zero-order valence-electron chi connectivity index (χ0n) is 15.3. The van der Waals surface area contributed by atoms with Gasteiger partial charge < -0.3 is 10.2 Å². The van der Waals surface area contributed by atoms with Gasteiger partial charge in [-0.15, -0.1) is 24.0 Å². The summed E-state index contributed by atoms with van der Waals surface area (Å²) in [7, 11) is -1.55. The van der Waals surface area contributed by atoms with Gasteiger partial charge in [0.25, 0.3) is 0 Å². The summed E-state index contributed by atoms with van der Waals surface area (Å²) in [5.41, 5.74) is 1.46. The van der Waals surface area contributed by atoms with Crippen molar-refractivity contribution in [2.75, 3.05) is 32.4 Å². The molecule has 1 spiro atoms. The molecular weight excluding hydrogens is 463 g/mol. The standard InChI is InChI=1S/C18H28N4O2S.HI/c1-19-17(22-12-10-18(15-22)8-5-9-18)20-11-13-25(23,24)21-14-16-6-3-2-4-7-16;/h2-4,6-7,21H,5,8-15H2,1H3,(H,19,20);1H. The summed E-state index contributed by atoms with van der Waals surface area (Å²) in [6.07, 6.45) is 5.20. The lowest BCUT2D eigenvalue weighted by atomic mass is 9.68. The minimum absolute atomic E-state index is 0. The Morgan fingerprint density at radius 2 is 1.96 bits per heavy atom. The molecule has 1 saturated heterocycles. The minimum Gasteiger partial charge on any atom is -0.355 e. The van der Waals surface area contributed by atoms with Gasteiger partial charge in [-0.2, -0.15) is 0 Å². The average molecular weight is 492 g/mol. The average Bonchev–Trinajstić information content (AvgIpc) is 3.04. The smallest absolute Gasteiger partial charge is 0.213 e. The first-order chi connectivity index (χ1) is 12.0. The lowest BCUT2D eigenvalue weighted by Crippen LogP contribution is -2.44. The highest BCUT2D eigenvalue weighted by Gasteiger charge is 2.43. The van der Waals surface area contributed by atoms with Crippen molar-refractivity contribution in [3.63, 3.8) is 0 Å². The summed E-state index contributed by atoms with van der Waals surface area (Å²) in [4.78, 5) is 6.59. The van der Waals surface area contributed by atoms with Crippen LogP contribution in [0.2, 0.25) is 0 Å². The monoisotopic (exact) mass is 492 g/mol. The fraction of sp³-hybridized carbons (Fsp3) is 0.611. The molecule has 26 heavy (non-hydrogen) atoms. The molecule has 2 aliphatic rings. The summed E-state index contributed by atoms with van der Waals surface area (Å²) in [6.45, 7) is 2.75. The maximum absolute atomic E-state index is 12.1. The lowest BCUT2D eigenvalue weighted by Gasteiger charge is -2.38. The Bertz CT molecular complexity index is 705. The van der Waals surface area contributed by atoms with Crippen molar-refractivity contribution in [1.29, 1.82) is 0 Å². The van der Waals surface area contributed by atoms with Crippen molar-refractivity contribution in [2.24, 2.45) is 10.4 Å². The Kier molecular flexibility index (Phi) is 7.72. The number of aliphatic imine (C=N–C) groups is 1. The maximum atomic E-state index is 12.1. The molecule has 2 fully saturated rings. The number of guanidine groups is 1. The first-order valence-electron chi connectivity index (χ1n) is 8.99. The van der Waals surface area contributed by atoms with E-state index in [1.807, 2.05) is 30.3 Å². The molecule has 6 nitrogen and oxygen atoms in total. The number of nitrogens with one attached hydrogen (secondary N) is 2. The molecule has 8 heteroatoms. The van der Waals surface area contributed by atoms with Crippen LogP contribution in [0.4, 0.5) is 0 Å². The molecule has 2 N–H and O–H groups in total. The molecule has 1 aliphatic carbocycles. The molecule has 1 saturated carbocycles. The Morgan fingerprint density at radius 1 is 1.23 bits per heavy atom. The van der Waals surface area contributed by atoms with Crippen LogP contribution in [-0.2, 0) is 16.6 Å². The summed E-state index contributed by atoms with van der Waals surface area (Å²) in [5, 5.41) is 3.21. The van der Waals surface area contributed by atoms with E-state index < -0.39 is 10.0 Å². The second kappa shape index (κ2) is 9.36. The molecule has 0 amide bonds. The van der Waals surface area contributed by atoms with Crippen LogP contribution in [0, 0.1) is 5.41 Å². The summed E-state index contributed by atoms with van der Waals surface area (Å²) in [5.74, 6) is 0.861. The van der Waals surface area contributed by atoms with Gasteiger partial charge in [0.1, 0.15) is 0 Å². The molecule has 1 heterocycles. The summed E-state index contributed by atoms with van der Waals surface area (Å²) >= 11 is 0. The van der Waals surface area contributed by atoms with E-state index in [9.17, 15) is 8.42 Å². The molecular formula is C18H29IN4O2S. The number of rotatable bonds is 6. The molecule has 1 aromatic rings. The molecule has 0 radical (unpaired) electrons. The van der Waals surface area contributed by atoms with Crippen LogP contribution in [0.15, 0.2) is 35.3 Å². The number of hydrogen-bond acceptors (Lipinski definition) is 3. The first kappa shape index (κ1) is 21.4. The minimum atomic E-state index is -3.31.